The summed E-state index contributed by atoms with van der Waals surface area (Å²) in [4.78, 5) is 2.31. The Kier molecular flexibility index (Phi) is 3.37. The van der Waals surface area contributed by atoms with Gasteiger partial charge in [-0.05, 0) is 31.0 Å². The molecule has 1 aliphatic heterocycles. The van der Waals surface area contributed by atoms with Crippen molar-refractivity contribution < 1.29 is 9.84 Å². The maximum Gasteiger partial charge on any atom is 0.119 e. The van der Waals surface area contributed by atoms with E-state index in [-0.39, 0.29) is 5.41 Å². The van der Waals surface area contributed by atoms with Crippen molar-refractivity contribution >= 4 is 5.69 Å². The van der Waals surface area contributed by atoms with E-state index < -0.39 is 0 Å². The Bertz CT molecular complexity index is 446. The van der Waals surface area contributed by atoms with Crippen molar-refractivity contribution in [1.82, 2.24) is 0 Å². The zero-order valence-corrected chi connectivity index (χ0v) is 11.3. The molecule has 1 aliphatic carbocycles. The van der Waals surface area contributed by atoms with Crippen LogP contribution in [0.1, 0.15) is 24.8 Å². The summed E-state index contributed by atoms with van der Waals surface area (Å²) in [7, 11) is 0. The topological polar surface area (TPSA) is 58.7 Å². The Morgan fingerprint density at radius 1 is 1.26 bits per heavy atom. The summed E-state index contributed by atoms with van der Waals surface area (Å²) in [5.41, 5.74) is 8.17. The van der Waals surface area contributed by atoms with E-state index in [1.165, 1.54) is 12.1 Å². The van der Waals surface area contributed by atoms with Gasteiger partial charge in [0.05, 0.1) is 13.2 Å². The summed E-state index contributed by atoms with van der Waals surface area (Å²) >= 11 is 0. The lowest BCUT2D eigenvalue weighted by Gasteiger charge is -2.42. The summed E-state index contributed by atoms with van der Waals surface area (Å²) in [6.45, 7) is 4.00. The van der Waals surface area contributed by atoms with Crippen LogP contribution in [0.2, 0.25) is 0 Å². The van der Waals surface area contributed by atoms with Gasteiger partial charge < -0.3 is 20.5 Å². The highest BCUT2D eigenvalue weighted by molar-refractivity contribution is 5.56. The molecule has 3 N–H and O–H groups in total. The molecule has 0 spiro atoms. The van der Waals surface area contributed by atoms with Crippen LogP contribution in [0.4, 0.5) is 5.69 Å². The van der Waals surface area contributed by atoms with Gasteiger partial charge in [0.2, 0.25) is 0 Å². The van der Waals surface area contributed by atoms with Gasteiger partial charge in [-0.1, -0.05) is 6.42 Å². The van der Waals surface area contributed by atoms with E-state index in [1.807, 2.05) is 12.1 Å². The van der Waals surface area contributed by atoms with Gasteiger partial charge in [-0.3, -0.25) is 0 Å². The molecule has 0 radical (unpaired) electrons. The quantitative estimate of drug-likeness (QED) is 0.869. The predicted octanol–water partition coefficient (Wildman–Crippen LogP) is 1.61. The number of hydrogen-bond acceptors (Lipinski definition) is 4. The first-order valence-corrected chi connectivity index (χ1v) is 7.11. The van der Waals surface area contributed by atoms with Crippen LogP contribution in [-0.4, -0.2) is 38.0 Å². The molecule has 1 saturated heterocycles. The first-order valence-electron chi connectivity index (χ1n) is 7.11. The minimum atomic E-state index is 0.00633. The number of benzene rings is 1. The van der Waals surface area contributed by atoms with Gasteiger partial charge in [-0.25, -0.2) is 0 Å². The van der Waals surface area contributed by atoms with E-state index in [1.54, 1.807) is 0 Å². The van der Waals surface area contributed by atoms with Crippen molar-refractivity contribution in [3.8, 4) is 5.75 Å². The fourth-order valence-corrected chi connectivity index (χ4v) is 3.15. The third-order valence-corrected chi connectivity index (χ3v) is 4.63. The number of aromatic hydroxyl groups is 1. The minimum absolute atomic E-state index is 0.00633. The standard InChI is InChI=1S/C15H22N2O2/c16-11-15(4-1-5-15)13-10-12(2-3-14(13)18)17-6-8-19-9-7-17/h2-3,10,18H,1,4-9,11,16H2. The van der Waals surface area contributed by atoms with Crippen molar-refractivity contribution in [1.29, 1.82) is 0 Å². The highest BCUT2D eigenvalue weighted by Crippen LogP contribution is 2.47. The second-order valence-electron chi connectivity index (χ2n) is 5.64. The van der Waals surface area contributed by atoms with Crippen molar-refractivity contribution in [2.24, 2.45) is 5.73 Å². The molecule has 0 unspecified atom stereocenters. The van der Waals surface area contributed by atoms with E-state index in [0.717, 1.165) is 44.7 Å². The smallest absolute Gasteiger partial charge is 0.119 e. The molecule has 4 nitrogen and oxygen atoms in total. The molecule has 0 atom stereocenters. The van der Waals surface area contributed by atoms with E-state index in [9.17, 15) is 5.11 Å². The number of hydrogen-bond donors (Lipinski definition) is 2. The second kappa shape index (κ2) is 5.02. The fraction of sp³-hybridized carbons (Fsp3) is 0.600. The van der Waals surface area contributed by atoms with Crippen LogP contribution in [0.15, 0.2) is 18.2 Å². The lowest BCUT2D eigenvalue weighted by atomic mass is 9.64. The molecule has 2 fully saturated rings. The van der Waals surface area contributed by atoms with Crippen molar-refractivity contribution in [2.75, 3.05) is 37.7 Å². The zero-order valence-electron chi connectivity index (χ0n) is 11.3. The first-order chi connectivity index (χ1) is 9.25. The Morgan fingerprint density at radius 2 is 2.00 bits per heavy atom. The van der Waals surface area contributed by atoms with Crippen LogP contribution in [-0.2, 0) is 10.2 Å². The molecule has 0 amide bonds. The number of anilines is 1. The van der Waals surface area contributed by atoms with Crippen molar-refractivity contribution in [3.05, 3.63) is 23.8 Å². The normalized spacial score (nSPS) is 22.1. The number of phenols is 1. The van der Waals surface area contributed by atoms with Gasteiger partial charge in [-0.15, -0.1) is 0 Å². The van der Waals surface area contributed by atoms with E-state index in [0.29, 0.717) is 12.3 Å². The maximum absolute atomic E-state index is 10.2. The van der Waals surface area contributed by atoms with E-state index in [2.05, 4.69) is 11.0 Å². The summed E-state index contributed by atoms with van der Waals surface area (Å²) in [5.74, 6) is 0.391. The molecule has 4 heteroatoms. The summed E-state index contributed by atoms with van der Waals surface area (Å²) < 4.78 is 5.38. The Hall–Kier alpha value is -1.26. The lowest BCUT2D eigenvalue weighted by Crippen LogP contribution is -2.42. The van der Waals surface area contributed by atoms with Gasteiger partial charge in [0, 0.05) is 36.3 Å². The highest BCUT2D eigenvalue weighted by atomic mass is 16.5. The summed E-state index contributed by atoms with van der Waals surface area (Å²) in [6.07, 6.45) is 3.38. The average Bonchev–Trinajstić information content (AvgIpc) is 2.41. The molecular weight excluding hydrogens is 240 g/mol. The second-order valence-corrected chi connectivity index (χ2v) is 5.64. The number of ether oxygens (including phenoxy) is 1. The molecule has 1 aromatic carbocycles. The summed E-state index contributed by atoms with van der Waals surface area (Å²) in [6, 6.07) is 5.94. The molecular formula is C15H22N2O2. The molecule has 2 aliphatic rings. The van der Waals surface area contributed by atoms with Gasteiger partial charge in [0.15, 0.2) is 0 Å². The predicted molar refractivity (Wildman–Crippen MR) is 75.7 cm³/mol. The van der Waals surface area contributed by atoms with Crippen LogP contribution < -0.4 is 10.6 Å². The molecule has 0 bridgehead atoms. The van der Waals surface area contributed by atoms with Gasteiger partial charge >= 0.3 is 0 Å². The summed E-state index contributed by atoms with van der Waals surface area (Å²) in [5, 5.41) is 10.2. The van der Waals surface area contributed by atoms with Crippen LogP contribution in [0.3, 0.4) is 0 Å². The van der Waals surface area contributed by atoms with Gasteiger partial charge in [0.25, 0.3) is 0 Å². The molecule has 104 valence electrons. The highest BCUT2D eigenvalue weighted by Gasteiger charge is 2.39. The van der Waals surface area contributed by atoms with Crippen LogP contribution in [0, 0.1) is 0 Å². The molecule has 3 rings (SSSR count). The van der Waals surface area contributed by atoms with Crippen LogP contribution >= 0.6 is 0 Å². The number of nitrogens with zero attached hydrogens (tertiary/aromatic N) is 1. The number of rotatable bonds is 3. The Balaban J connectivity index is 1.91. The number of phenolic OH excluding ortho intramolecular Hbond substituents is 1. The van der Waals surface area contributed by atoms with Gasteiger partial charge in [-0.2, -0.15) is 0 Å². The molecule has 1 saturated carbocycles. The molecule has 1 heterocycles. The van der Waals surface area contributed by atoms with Crippen molar-refractivity contribution in [3.63, 3.8) is 0 Å². The molecule has 0 aromatic heterocycles. The largest absolute Gasteiger partial charge is 0.508 e. The molecule has 1 aromatic rings. The monoisotopic (exact) mass is 262 g/mol. The number of morpholine rings is 1. The maximum atomic E-state index is 10.2. The lowest BCUT2D eigenvalue weighted by molar-refractivity contribution is 0.122. The van der Waals surface area contributed by atoms with E-state index in [4.69, 9.17) is 10.5 Å². The Morgan fingerprint density at radius 3 is 2.58 bits per heavy atom. The van der Waals surface area contributed by atoms with Crippen LogP contribution in [0.25, 0.3) is 0 Å². The SMILES string of the molecule is NCC1(c2cc(N3CCOCC3)ccc2O)CCC1. The zero-order chi connectivity index (χ0) is 13.3. The van der Waals surface area contributed by atoms with Crippen molar-refractivity contribution in [2.45, 2.75) is 24.7 Å². The first kappa shape index (κ1) is 12.8. The third-order valence-electron chi connectivity index (χ3n) is 4.63. The molecule has 19 heavy (non-hydrogen) atoms. The average molecular weight is 262 g/mol. The van der Waals surface area contributed by atoms with Gasteiger partial charge in [0.1, 0.15) is 5.75 Å². The Labute approximate surface area is 114 Å². The fourth-order valence-electron chi connectivity index (χ4n) is 3.15. The minimum Gasteiger partial charge on any atom is -0.508 e. The number of nitrogens with two attached hydrogens (primary N) is 1. The third kappa shape index (κ3) is 2.19. The van der Waals surface area contributed by atoms with E-state index >= 15 is 0 Å². The van der Waals surface area contributed by atoms with Crippen LogP contribution in [0.5, 0.6) is 5.75 Å².